The lowest BCUT2D eigenvalue weighted by Gasteiger charge is -2.31. The Balaban J connectivity index is 2.64. The number of carboxylic acid groups (broad SMARTS) is 1. The summed E-state index contributed by atoms with van der Waals surface area (Å²) in [5.74, 6) is -0.366. The van der Waals surface area contributed by atoms with E-state index in [0.717, 1.165) is 12.8 Å². The monoisotopic (exact) mass is 299 g/mol. The van der Waals surface area contributed by atoms with Crippen LogP contribution in [-0.4, -0.2) is 29.3 Å². The second-order valence-electron chi connectivity index (χ2n) is 7.15. The van der Waals surface area contributed by atoms with Crippen LogP contribution >= 0.6 is 0 Å². The smallest absolute Gasteiger partial charge is 0.407 e. The molecule has 1 aliphatic rings. The average Bonchev–Trinajstić information content (AvgIpc) is 2.84. The molecule has 0 aromatic heterocycles. The number of carboxylic acids is 1. The molecule has 0 radical (unpaired) electrons. The van der Waals surface area contributed by atoms with Gasteiger partial charge in [0.15, 0.2) is 0 Å². The molecule has 0 saturated heterocycles. The number of rotatable bonds is 6. The second kappa shape index (κ2) is 7.14. The number of carbonyl (C=O) groups is 2. The first-order valence-electron chi connectivity index (χ1n) is 7.89. The lowest BCUT2D eigenvalue weighted by Crippen LogP contribution is -2.45. The Bertz CT molecular complexity index is 369. The van der Waals surface area contributed by atoms with E-state index >= 15 is 0 Å². The highest BCUT2D eigenvalue weighted by Gasteiger charge is 2.40. The highest BCUT2D eigenvalue weighted by molar-refractivity contribution is 5.76. The molecule has 5 heteroatoms. The van der Waals surface area contributed by atoms with Gasteiger partial charge in [-0.1, -0.05) is 32.6 Å². The van der Waals surface area contributed by atoms with Crippen LogP contribution in [0.15, 0.2) is 0 Å². The maximum absolute atomic E-state index is 11.8. The summed E-state index contributed by atoms with van der Waals surface area (Å²) in [4.78, 5) is 23.5. The van der Waals surface area contributed by atoms with Crippen LogP contribution in [0.5, 0.6) is 0 Å². The molecule has 1 unspecified atom stereocenters. The number of alkyl carbamates (subject to hydrolysis) is 1. The zero-order valence-electron chi connectivity index (χ0n) is 13.7. The van der Waals surface area contributed by atoms with Gasteiger partial charge in [-0.05, 0) is 39.5 Å². The Kier molecular flexibility index (Phi) is 6.05. The standard InChI is InChI=1S/C16H29NO4/c1-5-16(13(18)19,10-12-8-6-7-9-12)11-17-14(20)21-15(2,3)4/h12H,5-11H2,1-4H3,(H,17,20)(H,18,19). The molecule has 1 fully saturated rings. The molecule has 0 spiro atoms. The highest BCUT2D eigenvalue weighted by atomic mass is 16.6. The van der Waals surface area contributed by atoms with Gasteiger partial charge in [0.2, 0.25) is 0 Å². The van der Waals surface area contributed by atoms with Gasteiger partial charge < -0.3 is 15.2 Å². The number of hydrogen-bond acceptors (Lipinski definition) is 3. The maximum atomic E-state index is 11.8. The Morgan fingerprint density at radius 2 is 1.81 bits per heavy atom. The molecule has 5 nitrogen and oxygen atoms in total. The van der Waals surface area contributed by atoms with Crippen molar-refractivity contribution in [1.29, 1.82) is 0 Å². The van der Waals surface area contributed by atoms with Crippen LogP contribution in [0.25, 0.3) is 0 Å². The first-order chi connectivity index (χ1) is 9.68. The van der Waals surface area contributed by atoms with Crippen molar-refractivity contribution in [1.82, 2.24) is 5.32 Å². The van der Waals surface area contributed by atoms with Crippen LogP contribution in [0, 0.1) is 11.3 Å². The van der Waals surface area contributed by atoms with Crippen molar-refractivity contribution in [2.24, 2.45) is 11.3 Å². The lowest BCUT2D eigenvalue weighted by molar-refractivity contribution is -0.150. The summed E-state index contributed by atoms with van der Waals surface area (Å²) in [6, 6.07) is 0. The summed E-state index contributed by atoms with van der Waals surface area (Å²) < 4.78 is 5.18. The second-order valence-corrected chi connectivity index (χ2v) is 7.15. The summed E-state index contributed by atoms with van der Waals surface area (Å²) in [6.07, 6.45) is 5.16. The molecule has 1 amide bonds. The topological polar surface area (TPSA) is 75.6 Å². The molecule has 0 aliphatic heterocycles. The molecule has 0 aromatic rings. The Morgan fingerprint density at radius 1 is 1.24 bits per heavy atom. The first-order valence-corrected chi connectivity index (χ1v) is 7.89. The van der Waals surface area contributed by atoms with E-state index in [1.807, 2.05) is 6.92 Å². The van der Waals surface area contributed by atoms with Gasteiger partial charge in [-0.3, -0.25) is 4.79 Å². The minimum Gasteiger partial charge on any atom is -0.481 e. The van der Waals surface area contributed by atoms with E-state index in [1.54, 1.807) is 20.8 Å². The number of aliphatic carboxylic acids is 1. The molecule has 21 heavy (non-hydrogen) atoms. The molecule has 0 bridgehead atoms. The predicted molar refractivity (Wildman–Crippen MR) is 81.2 cm³/mol. The molecule has 1 saturated carbocycles. The molecule has 1 rings (SSSR count). The van der Waals surface area contributed by atoms with Gasteiger partial charge in [-0.25, -0.2) is 4.79 Å². The van der Waals surface area contributed by atoms with Crippen LogP contribution in [0.4, 0.5) is 4.79 Å². The Hall–Kier alpha value is -1.26. The Morgan fingerprint density at radius 3 is 2.24 bits per heavy atom. The summed E-state index contributed by atoms with van der Waals surface area (Å²) in [7, 11) is 0. The zero-order valence-corrected chi connectivity index (χ0v) is 13.7. The number of hydrogen-bond donors (Lipinski definition) is 2. The molecule has 0 aromatic carbocycles. The van der Waals surface area contributed by atoms with E-state index < -0.39 is 23.1 Å². The maximum Gasteiger partial charge on any atom is 0.407 e. The third-order valence-corrected chi connectivity index (χ3v) is 4.25. The van der Waals surface area contributed by atoms with E-state index in [-0.39, 0.29) is 6.54 Å². The zero-order chi connectivity index (χ0) is 16.1. The van der Waals surface area contributed by atoms with E-state index in [9.17, 15) is 14.7 Å². The van der Waals surface area contributed by atoms with Crippen LogP contribution in [-0.2, 0) is 9.53 Å². The molecule has 0 heterocycles. The van der Waals surface area contributed by atoms with E-state index in [2.05, 4.69) is 5.32 Å². The summed E-state index contributed by atoms with van der Waals surface area (Å²) in [6.45, 7) is 7.37. The van der Waals surface area contributed by atoms with Crippen molar-refractivity contribution in [2.75, 3.05) is 6.54 Å². The van der Waals surface area contributed by atoms with Crippen molar-refractivity contribution in [2.45, 2.75) is 71.8 Å². The fourth-order valence-corrected chi connectivity index (χ4v) is 2.98. The fraction of sp³-hybridized carbons (Fsp3) is 0.875. The molecule has 2 N–H and O–H groups in total. The average molecular weight is 299 g/mol. The molecule has 1 aliphatic carbocycles. The summed E-state index contributed by atoms with van der Waals surface area (Å²) in [5, 5.41) is 12.3. The van der Waals surface area contributed by atoms with Gasteiger partial charge in [0.1, 0.15) is 5.60 Å². The largest absolute Gasteiger partial charge is 0.481 e. The third-order valence-electron chi connectivity index (χ3n) is 4.25. The number of ether oxygens (including phenoxy) is 1. The van der Waals surface area contributed by atoms with Crippen molar-refractivity contribution in [3.63, 3.8) is 0 Å². The molecule has 122 valence electrons. The molecule has 1 atom stereocenters. The Labute approximate surface area is 127 Å². The highest BCUT2D eigenvalue weighted by Crippen LogP contribution is 2.38. The summed E-state index contributed by atoms with van der Waals surface area (Å²) >= 11 is 0. The van der Waals surface area contributed by atoms with Gasteiger partial charge in [0.25, 0.3) is 0 Å². The van der Waals surface area contributed by atoms with Crippen molar-refractivity contribution in [3.05, 3.63) is 0 Å². The quantitative estimate of drug-likeness (QED) is 0.786. The number of carbonyl (C=O) groups excluding carboxylic acids is 1. The predicted octanol–water partition coefficient (Wildman–Crippen LogP) is 3.57. The van der Waals surface area contributed by atoms with E-state index in [1.165, 1.54) is 12.8 Å². The number of nitrogens with one attached hydrogen (secondary N) is 1. The molecular formula is C16H29NO4. The molecular weight excluding hydrogens is 270 g/mol. The van der Waals surface area contributed by atoms with Crippen molar-refractivity contribution >= 4 is 12.1 Å². The van der Waals surface area contributed by atoms with Gasteiger partial charge in [0, 0.05) is 6.54 Å². The van der Waals surface area contributed by atoms with Crippen LogP contribution in [0.2, 0.25) is 0 Å². The minimum atomic E-state index is -0.883. The van der Waals surface area contributed by atoms with Gasteiger partial charge in [0.05, 0.1) is 5.41 Å². The third kappa shape index (κ3) is 5.56. The van der Waals surface area contributed by atoms with Crippen molar-refractivity contribution < 1.29 is 19.4 Å². The van der Waals surface area contributed by atoms with E-state index in [0.29, 0.717) is 18.8 Å². The first kappa shape index (κ1) is 17.8. The van der Waals surface area contributed by atoms with Gasteiger partial charge in [-0.15, -0.1) is 0 Å². The SMILES string of the molecule is CCC(CNC(=O)OC(C)(C)C)(CC1CCCC1)C(=O)O. The fourth-order valence-electron chi connectivity index (χ4n) is 2.98. The summed E-state index contributed by atoms with van der Waals surface area (Å²) in [5.41, 5.74) is -1.46. The van der Waals surface area contributed by atoms with Crippen LogP contribution in [0.1, 0.15) is 66.2 Å². The number of amides is 1. The van der Waals surface area contributed by atoms with Crippen molar-refractivity contribution in [3.8, 4) is 0 Å². The van der Waals surface area contributed by atoms with Crippen LogP contribution < -0.4 is 5.32 Å². The van der Waals surface area contributed by atoms with Gasteiger partial charge >= 0.3 is 12.1 Å². The van der Waals surface area contributed by atoms with Crippen LogP contribution in [0.3, 0.4) is 0 Å². The lowest BCUT2D eigenvalue weighted by atomic mass is 9.76. The van der Waals surface area contributed by atoms with E-state index in [4.69, 9.17) is 4.74 Å². The normalized spacial score (nSPS) is 19.0. The minimum absolute atomic E-state index is 0.129. The van der Waals surface area contributed by atoms with Gasteiger partial charge in [-0.2, -0.15) is 0 Å².